The summed E-state index contributed by atoms with van der Waals surface area (Å²) in [5.74, 6) is 0. The van der Waals surface area contributed by atoms with Crippen molar-refractivity contribution in [1.82, 2.24) is 14.9 Å². The number of alkyl carbamates (subject to hydrolysis) is 1. The summed E-state index contributed by atoms with van der Waals surface area (Å²) in [5, 5.41) is 2.83. The van der Waals surface area contributed by atoms with Gasteiger partial charge in [0.1, 0.15) is 5.60 Å². The van der Waals surface area contributed by atoms with Gasteiger partial charge in [-0.1, -0.05) is 0 Å². The molecule has 0 aromatic carbocycles. The molecule has 0 radical (unpaired) electrons. The van der Waals surface area contributed by atoms with Crippen LogP contribution in [0.15, 0.2) is 12.5 Å². The number of imidazole rings is 1. The van der Waals surface area contributed by atoms with Crippen molar-refractivity contribution in [2.75, 3.05) is 13.2 Å². The zero-order valence-corrected chi connectivity index (χ0v) is 13.8. The molecule has 0 spiro atoms. The molecule has 1 aromatic rings. The number of carbonyl (C=O) groups is 1. The normalized spacial score (nSPS) is 14.6. The van der Waals surface area contributed by atoms with Crippen LogP contribution in [0, 0.1) is 0 Å². The average molecular weight is 297 g/mol. The van der Waals surface area contributed by atoms with Crippen LogP contribution < -0.4 is 5.32 Å². The summed E-state index contributed by atoms with van der Waals surface area (Å²) in [5.41, 5.74) is 0.416. The van der Waals surface area contributed by atoms with E-state index >= 15 is 0 Å². The van der Waals surface area contributed by atoms with Crippen LogP contribution in [0.3, 0.4) is 0 Å². The molecule has 0 fully saturated rings. The zero-order valence-electron chi connectivity index (χ0n) is 13.8. The van der Waals surface area contributed by atoms with Gasteiger partial charge in [-0.05, 0) is 41.5 Å². The summed E-state index contributed by atoms with van der Waals surface area (Å²) in [4.78, 5) is 16.0. The van der Waals surface area contributed by atoms with E-state index in [0.717, 1.165) is 5.69 Å². The Hall–Kier alpha value is -1.56. The first-order valence-corrected chi connectivity index (χ1v) is 7.33. The maximum Gasteiger partial charge on any atom is 0.408 e. The van der Waals surface area contributed by atoms with Crippen molar-refractivity contribution in [1.29, 1.82) is 0 Å². The number of nitrogens with one attached hydrogen (secondary N) is 1. The zero-order chi connectivity index (χ0) is 16.0. The molecule has 0 bridgehead atoms. The molecule has 0 saturated heterocycles. The van der Waals surface area contributed by atoms with E-state index in [4.69, 9.17) is 9.47 Å². The van der Waals surface area contributed by atoms with Gasteiger partial charge in [-0.2, -0.15) is 0 Å². The minimum Gasteiger partial charge on any atom is -0.444 e. The van der Waals surface area contributed by atoms with E-state index in [1.807, 2.05) is 39.2 Å². The summed E-state index contributed by atoms with van der Waals surface area (Å²) in [6.07, 6.45) is 3.08. The number of hydrogen-bond donors (Lipinski definition) is 1. The predicted octanol–water partition coefficient (Wildman–Crippen LogP) is 3.07. The van der Waals surface area contributed by atoms with Crippen LogP contribution in [0.5, 0.6) is 0 Å². The number of hydrogen-bond acceptors (Lipinski definition) is 4. The highest BCUT2D eigenvalue weighted by Gasteiger charge is 2.21. The Morgan fingerprint density at radius 3 is 2.67 bits per heavy atom. The molecule has 2 unspecified atom stereocenters. The fourth-order valence-electron chi connectivity index (χ4n) is 1.95. The van der Waals surface area contributed by atoms with Gasteiger partial charge in [0.2, 0.25) is 0 Å². The monoisotopic (exact) mass is 297 g/mol. The highest BCUT2D eigenvalue weighted by Crippen LogP contribution is 2.18. The van der Waals surface area contributed by atoms with Crippen molar-refractivity contribution in [2.24, 2.45) is 0 Å². The first kappa shape index (κ1) is 17.5. The van der Waals surface area contributed by atoms with Gasteiger partial charge in [0.05, 0.1) is 36.9 Å². The van der Waals surface area contributed by atoms with Gasteiger partial charge in [-0.3, -0.25) is 0 Å². The largest absolute Gasteiger partial charge is 0.444 e. The minimum atomic E-state index is -0.508. The van der Waals surface area contributed by atoms with Gasteiger partial charge in [0.15, 0.2) is 0 Å². The second-order valence-corrected chi connectivity index (χ2v) is 6.10. The van der Waals surface area contributed by atoms with Gasteiger partial charge in [-0.25, -0.2) is 9.78 Å². The van der Waals surface area contributed by atoms with Crippen molar-refractivity contribution in [2.45, 2.75) is 59.2 Å². The highest BCUT2D eigenvalue weighted by molar-refractivity contribution is 5.68. The van der Waals surface area contributed by atoms with Crippen LogP contribution in [0.2, 0.25) is 0 Å². The maximum absolute atomic E-state index is 11.8. The van der Waals surface area contributed by atoms with Crippen LogP contribution >= 0.6 is 0 Å². The Bertz CT molecular complexity index is 451. The number of rotatable bonds is 6. The first-order chi connectivity index (χ1) is 9.74. The molecule has 6 nitrogen and oxygen atoms in total. The minimum absolute atomic E-state index is 0.158. The number of nitrogens with zero attached hydrogens (tertiary/aromatic N) is 2. The molecule has 1 aromatic heterocycles. The SMILES string of the molecule is CCOCC(C)n1cncc1C(C)NC(=O)OC(C)(C)C. The molecule has 1 amide bonds. The standard InChI is InChI=1S/C15H27N3O3/c1-7-20-9-11(2)18-10-16-8-13(18)12(3)17-14(19)21-15(4,5)6/h8,10-12H,7,9H2,1-6H3,(H,17,19). The van der Waals surface area contributed by atoms with E-state index in [2.05, 4.69) is 17.2 Å². The van der Waals surface area contributed by atoms with Gasteiger partial charge in [0, 0.05) is 6.61 Å². The molecular weight excluding hydrogens is 270 g/mol. The van der Waals surface area contributed by atoms with Gasteiger partial charge < -0.3 is 19.4 Å². The molecule has 0 aliphatic carbocycles. The molecule has 2 atom stereocenters. The summed E-state index contributed by atoms with van der Waals surface area (Å²) in [7, 11) is 0. The lowest BCUT2D eigenvalue weighted by molar-refractivity contribution is 0.0505. The summed E-state index contributed by atoms with van der Waals surface area (Å²) in [6, 6.07) is -0.0308. The lowest BCUT2D eigenvalue weighted by Crippen LogP contribution is -2.35. The van der Waals surface area contributed by atoms with Gasteiger partial charge in [-0.15, -0.1) is 0 Å². The van der Waals surface area contributed by atoms with Crippen molar-refractivity contribution in [3.63, 3.8) is 0 Å². The smallest absolute Gasteiger partial charge is 0.408 e. The van der Waals surface area contributed by atoms with E-state index in [0.29, 0.717) is 13.2 Å². The Labute approximate surface area is 126 Å². The first-order valence-electron chi connectivity index (χ1n) is 7.33. The van der Waals surface area contributed by atoms with Crippen LogP contribution in [-0.4, -0.2) is 34.5 Å². The van der Waals surface area contributed by atoms with E-state index in [1.54, 1.807) is 12.5 Å². The molecule has 120 valence electrons. The second kappa shape index (κ2) is 7.45. The van der Waals surface area contributed by atoms with Crippen molar-refractivity contribution in [3.05, 3.63) is 18.2 Å². The van der Waals surface area contributed by atoms with Crippen molar-refractivity contribution < 1.29 is 14.3 Å². The second-order valence-electron chi connectivity index (χ2n) is 6.10. The number of aromatic nitrogens is 2. The Kier molecular flexibility index (Phi) is 6.20. The van der Waals surface area contributed by atoms with Crippen molar-refractivity contribution in [3.8, 4) is 0 Å². The molecule has 21 heavy (non-hydrogen) atoms. The van der Waals surface area contributed by atoms with E-state index in [1.165, 1.54) is 0 Å². The van der Waals surface area contributed by atoms with E-state index in [-0.39, 0.29) is 12.1 Å². The van der Waals surface area contributed by atoms with Crippen LogP contribution in [-0.2, 0) is 9.47 Å². The molecule has 0 saturated carbocycles. The van der Waals surface area contributed by atoms with Crippen LogP contribution in [0.1, 0.15) is 59.3 Å². The lowest BCUT2D eigenvalue weighted by Gasteiger charge is -2.23. The van der Waals surface area contributed by atoms with Gasteiger partial charge in [0.25, 0.3) is 0 Å². The fraction of sp³-hybridized carbons (Fsp3) is 0.733. The summed E-state index contributed by atoms with van der Waals surface area (Å²) >= 11 is 0. The molecular formula is C15H27N3O3. The number of carbonyl (C=O) groups excluding carboxylic acids is 1. The molecule has 6 heteroatoms. The Balaban J connectivity index is 2.68. The van der Waals surface area contributed by atoms with E-state index < -0.39 is 11.7 Å². The number of amides is 1. The fourth-order valence-corrected chi connectivity index (χ4v) is 1.95. The molecule has 1 rings (SSSR count). The third kappa shape index (κ3) is 5.75. The van der Waals surface area contributed by atoms with Crippen LogP contribution in [0.25, 0.3) is 0 Å². The third-order valence-corrected chi connectivity index (χ3v) is 2.91. The molecule has 1 heterocycles. The summed E-state index contributed by atoms with van der Waals surface area (Å²) in [6.45, 7) is 12.7. The van der Waals surface area contributed by atoms with Crippen LogP contribution in [0.4, 0.5) is 4.79 Å². The van der Waals surface area contributed by atoms with Crippen molar-refractivity contribution >= 4 is 6.09 Å². The average Bonchev–Trinajstić information content (AvgIpc) is 2.82. The predicted molar refractivity (Wildman–Crippen MR) is 81.2 cm³/mol. The highest BCUT2D eigenvalue weighted by atomic mass is 16.6. The molecule has 1 N–H and O–H groups in total. The molecule has 0 aliphatic rings. The van der Waals surface area contributed by atoms with E-state index in [9.17, 15) is 4.79 Å². The lowest BCUT2D eigenvalue weighted by atomic mass is 10.2. The Morgan fingerprint density at radius 2 is 2.10 bits per heavy atom. The van der Waals surface area contributed by atoms with Gasteiger partial charge >= 0.3 is 6.09 Å². The topological polar surface area (TPSA) is 65.4 Å². The maximum atomic E-state index is 11.8. The summed E-state index contributed by atoms with van der Waals surface area (Å²) < 4.78 is 12.7. The third-order valence-electron chi connectivity index (χ3n) is 2.91. The Morgan fingerprint density at radius 1 is 1.43 bits per heavy atom. The number of ether oxygens (including phenoxy) is 2. The quantitative estimate of drug-likeness (QED) is 0.876. The molecule has 0 aliphatic heterocycles.